The van der Waals surface area contributed by atoms with Gasteiger partial charge in [-0.05, 0) is 59.3 Å². The van der Waals surface area contributed by atoms with E-state index in [0.717, 1.165) is 33.1 Å². The number of para-hydroxylation sites is 2. The quantitative estimate of drug-likeness (QED) is 0.413. The van der Waals surface area contributed by atoms with E-state index in [2.05, 4.69) is 17.1 Å². The van der Waals surface area contributed by atoms with Crippen LogP contribution in [0.5, 0.6) is 11.5 Å². The van der Waals surface area contributed by atoms with Gasteiger partial charge in [-0.25, -0.2) is 4.98 Å². The molecule has 5 heteroatoms. The molecule has 0 aliphatic heterocycles. The van der Waals surface area contributed by atoms with E-state index in [9.17, 15) is 9.90 Å². The second-order valence-electron chi connectivity index (χ2n) is 7.04. The Bertz CT molecular complexity index is 1370. The minimum absolute atomic E-state index is 0.148. The number of hydrogen-bond donors (Lipinski definition) is 1. The van der Waals surface area contributed by atoms with E-state index in [4.69, 9.17) is 4.74 Å². The van der Waals surface area contributed by atoms with Crippen molar-refractivity contribution in [1.29, 1.82) is 0 Å². The predicted octanol–water partition coefficient (Wildman–Crippen LogP) is 5.73. The third-order valence-electron chi connectivity index (χ3n) is 5.02. The van der Waals surface area contributed by atoms with Crippen LogP contribution in [0.25, 0.3) is 33.2 Å². The van der Waals surface area contributed by atoms with Gasteiger partial charge in [-0.15, -0.1) is 0 Å². The topological polar surface area (TPSA) is 64.3 Å². The molecule has 0 atom stereocenters. The van der Waals surface area contributed by atoms with Crippen LogP contribution in [0, 0.1) is 0 Å². The molecule has 0 spiro atoms. The Labute approximate surface area is 172 Å². The van der Waals surface area contributed by atoms with Crippen LogP contribution in [-0.4, -0.2) is 20.6 Å². The average molecular weight is 394 g/mol. The molecule has 0 fully saturated rings. The Balaban J connectivity index is 1.46. The molecule has 0 aliphatic carbocycles. The number of rotatable bonds is 5. The monoisotopic (exact) mass is 394 g/mol. The lowest BCUT2D eigenvalue weighted by Gasteiger charge is -2.09. The average Bonchev–Trinajstić information content (AvgIpc) is 3.12. The van der Waals surface area contributed by atoms with Gasteiger partial charge in [-0.1, -0.05) is 42.5 Å². The number of carboxylic acid groups (broad SMARTS) is 1. The van der Waals surface area contributed by atoms with Crippen molar-refractivity contribution in [2.45, 2.75) is 6.54 Å². The summed E-state index contributed by atoms with van der Waals surface area (Å²) in [5.41, 5.74) is 2.40. The minimum atomic E-state index is -0.907. The Morgan fingerprint density at radius 1 is 0.833 bits per heavy atom. The van der Waals surface area contributed by atoms with Gasteiger partial charge in [0.15, 0.2) is 0 Å². The van der Waals surface area contributed by atoms with Crippen LogP contribution >= 0.6 is 0 Å². The molecule has 0 bridgehead atoms. The zero-order valence-corrected chi connectivity index (χ0v) is 16.0. The van der Waals surface area contributed by atoms with E-state index in [-0.39, 0.29) is 6.54 Å². The smallest absolute Gasteiger partial charge is 0.323 e. The largest absolute Gasteiger partial charge is 0.480 e. The van der Waals surface area contributed by atoms with Crippen molar-refractivity contribution in [3.8, 4) is 22.9 Å². The first-order chi connectivity index (χ1) is 14.7. The van der Waals surface area contributed by atoms with Crippen molar-refractivity contribution >= 4 is 27.8 Å². The highest BCUT2D eigenvalue weighted by molar-refractivity contribution is 5.84. The van der Waals surface area contributed by atoms with Gasteiger partial charge in [0.05, 0.1) is 11.0 Å². The number of ether oxygens (including phenoxy) is 1. The summed E-state index contributed by atoms with van der Waals surface area (Å²) in [5, 5.41) is 11.6. The maximum atomic E-state index is 11.4. The highest BCUT2D eigenvalue weighted by atomic mass is 16.5. The summed E-state index contributed by atoms with van der Waals surface area (Å²) in [4.78, 5) is 16.0. The molecular weight excluding hydrogens is 376 g/mol. The molecule has 4 aromatic carbocycles. The molecule has 1 aromatic heterocycles. The van der Waals surface area contributed by atoms with E-state index < -0.39 is 5.97 Å². The molecule has 5 nitrogen and oxygen atoms in total. The Kier molecular flexibility index (Phi) is 4.41. The fourth-order valence-corrected chi connectivity index (χ4v) is 3.63. The number of carbonyl (C=O) groups is 1. The van der Waals surface area contributed by atoms with Crippen LogP contribution in [0.15, 0.2) is 91.0 Å². The SMILES string of the molecule is O=C(O)Cn1c(-c2ccc(Oc3ccc4ccccc4c3)cc2)nc2ccccc21. The van der Waals surface area contributed by atoms with Crippen LogP contribution in [0.3, 0.4) is 0 Å². The Morgan fingerprint density at radius 3 is 2.33 bits per heavy atom. The molecule has 30 heavy (non-hydrogen) atoms. The van der Waals surface area contributed by atoms with E-state index in [0.29, 0.717) is 11.6 Å². The number of hydrogen-bond acceptors (Lipinski definition) is 3. The minimum Gasteiger partial charge on any atom is -0.480 e. The summed E-state index contributed by atoms with van der Waals surface area (Å²) in [7, 11) is 0. The third kappa shape index (κ3) is 3.37. The van der Waals surface area contributed by atoms with Gasteiger partial charge in [0.2, 0.25) is 0 Å². The maximum absolute atomic E-state index is 11.4. The van der Waals surface area contributed by atoms with E-state index in [1.807, 2.05) is 78.9 Å². The normalized spacial score (nSPS) is 11.1. The van der Waals surface area contributed by atoms with Crippen molar-refractivity contribution in [3.63, 3.8) is 0 Å². The zero-order chi connectivity index (χ0) is 20.5. The summed E-state index contributed by atoms with van der Waals surface area (Å²) in [6, 6.07) is 29.2. The lowest BCUT2D eigenvalue weighted by molar-refractivity contribution is -0.137. The second kappa shape index (κ2) is 7.37. The fourth-order valence-electron chi connectivity index (χ4n) is 3.63. The van der Waals surface area contributed by atoms with Crippen molar-refractivity contribution in [2.24, 2.45) is 0 Å². The first-order valence-electron chi connectivity index (χ1n) is 9.61. The number of fused-ring (bicyclic) bond motifs is 2. The molecule has 0 radical (unpaired) electrons. The van der Waals surface area contributed by atoms with Gasteiger partial charge in [0.1, 0.15) is 23.9 Å². The highest BCUT2D eigenvalue weighted by Gasteiger charge is 2.14. The van der Waals surface area contributed by atoms with Crippen LogP contribution < -0.4 is 4.74 Å². The third-order valence-corrected chi connectivity index (χ3v) is 5.02. The molecule has 5 aromatic rings. The van der Waals surface area contributed by atoms with Crippen LogP contribution in [-0.2, 0) is 11.3 Å². The van der Waals surface area contributed by atoms with Crippen LogP contribution in [0.1, 0.15) is 0 Å². The number of carboxylic acids is 1. The standard InChI is InChI=1S/C25H18N2O3/c28-24(29)16-27-23-8-4-3-7-22(23)26-25(27)18-10-12-20(13-11-18)30-21-14-9-17-5-1-2-6-19(17)15-21/h1-15H,16H2,(H,28,29). The van der Waals surface area contributed by atoms with E-state index in [1.54, 1.807) is 4.57 Å². The maximum Gasteiger partial charge on any atom is 0.323 e. The number of benzene rings is 4. The van der Waals surface area contributed by atoms with Gasteiger partial charge in [0, 0.05) is 5.56 Å². The van der Waals surface area contributed by atoms with Crippen LogP contribution in [0.2, 0.25) is 0 Å². The number of aromatic nitrogens is 2. The summed E-state index contributed by atoms with van der Waals surface area (Å²) in [6.45, 7) is -0.148. The van der Waals surface area contributed by atoms with Crippen molar-refractivity contribution in [2.75, 3.05) is 0 Å². The molecule has 0 saturated heterocycles. The lowest BCUT2D eigenvalue weighted by atomic mass is 10.1. The second-order valence-corrected chi connectivity index (χ2v) is 7.04. The fraction of sp³-hybridized carbons (Fsp3) is 0.0400. The molecule has 1 heterocycles. The van der Waals surface area contributed by atoms with Crippen molar-refractivity contribution in [1.82, 2.24) is 9.55 Å². The Morgan fingerprint density at radius 2 is 1.53 bits per heavy atom. The summed E-state index contributed by atoms with van der Waals surface area (Å²) >= 11 is 0. The summed E-state index contributed by atoms with van der Waals surface area (Å²) < 4.78 is 7.73. The highest BCUT2D eigenvalue weighted by Crippen LogP contribution is 2.29. The van der Waals surface area contributed by atoms with Gasteiger partial charge in [0.25, 0.3) is 0 Å². The molecular formula is C25H18N2O3. The molecule has 0 saturated carbocycles. The van der Waals surface area contributed by atoms with E-state index >= 15 is 0 Å². The first-order valence-corrected chi connectivity index (χ1v) is 9.61. The first kappa shape index (κ1) is 17.9. The Hall–Kier alpha value is -4.12. The van der Waals surface area contributed by atoms with E-state index in [1.165, 1.54) is 0 Å². The van der Waals surface area contributed by atoms with Gasteiger partial charge in [-0.3, -0.25) is 4.79 Å². The molecule has 146 valence electrons. The van der Waals surface area contributed by atoms with Crippen molar-refractivity contribution in [3.05, 3.63) is 91.0 Å². The summed E-state index contributed by atoms with van der Waals surface area (Å²) in [6.07, 6.45) is 0. The zero-order valence-electron chi connectivity index (χ0n) is 16.0. The van der Waals surface area contributed by atoms with Gasteiger partial charge < -0.3 is 14.4 Å². The van der Waals surface area contributed by atoms with Gasteiger partial charge >= 0.3 is 5.97 Å². The molecule has 0 unspecified atom stereocenters. The lowest BCUT2D eigenvalue weighted by Crippen LogP contribution is -2.09. The molecule has 0 aliphatic rings. The number of imidazole rings is 1. The van der Waals surface area contributed by atoms with Crippen molar-refractivity contribution < 1.29 is 14.6 Å². The summed E-state index contributed by atoms with van der Waals surface area (Å²) in [5.74, 6) is 1.18. The number of nitrogens with zero attached hydrogens (tertiary/aromatic N) is 2. The molecule has 1 N–H and O–H groups in total. The number of aliphatic carboxylic acids is 1. The van der Waals surface area contributed by atoms with Gasteiger partial charge in [-0.2, -0.15) is 0 Å². The molecule has 5 rings (SSSR count). The molecule has 0 amide bonds. The van der Waals surface area contributed by atoms with Crippen LogP contribution in [0.4, 0.5) is 0 Å². The predicted molar refractivity (Wildman–Crippen MR) is 117 cm³/mol.